The molecule has 1 aromatic heterocycles. The molecule has 1 aliphatic rings. The number of hydrogen-bond acceptors (Lipinski definition) is 3. The van der Waals surface area contributed by atoms with E-state index in [1.165, 1.54) is 12.1 Å². The molecule has 1 atom stereocenters. The minimum atomic E-state index is -0.501. The zero-order valence-corrected chi connectivity index (χ0v) is 15.7. The molecule has 4 rings (SSSR count). The standard InChI is InChI=1S/C23H20FN3O2/c24-19-4-1-3-18(15-19)16-6-8-20(9-7-16)26-22(28)21-5-2-14-27(21)23(29)17-10-12-25-13-11-17/h1,3-4,6-13,15,21H,2,5,14H2,(H,26,28)/t21-/m0/s1. The summed E-state index contributed by atoms with van der Waals surface area (Å²) < 4.78 is 13.4. The Hall–Kier alpha value is -3.54. The number of amides is 2. The van der Waals surface area contributed by atoms with E-state index in [0.717, 1.165) is 17.5 Å². The maximum atomic E-state index is 13.4. The predicted molar refractivity (Wildman–Crippen MR) is 109 cm³/mol. The number of anilines is 1. The molecule has 2 amide bonds. The Labute approximate surface area is 168 Å². The Morgan fingerprint density at radius 3 is 2.48 bits per heavy atom. The van der Waals surface area contributed by atoms with Gasteiger partial charge in [-0.3, -0.25) is 14.6 Å². The first-order valence-electron chi connectivity index (χ1n) is 9.50. The number of halogens is 1. The topological polar surface area (TPSA) is 62.3 Å². The van der Waals surface area contributed by atoms with Gasteiger partial charge in [0, 0.05) is 30.2 Å². The fourth-order valence-electron chi connectivity index (χ4n) is 3.58. The highest BCUT2D eigenvalue weighted by Gasteiger charge is 2.34. The summed E-state index contributed by atoms with van der Waals surface area (Å²) in [6.07, 6.45) is 4.55. The second-order valence-corrected chi connectivity index (χ2v) is 6.97. The van der Waals surface area contributed by atoms with Crippen LogP contribution in [0.2, 0.25) is 0 Å². The summed E-state index contributed by atoms with van der Waals surface area (Å²) in [6, 6.07) is 16.4. The zero-order valence-electron chi connectivity index (χ0n) is 15.7. The van der Waals surface area contributed by atoms with Crippen molar-refractivity contribution in [2.45, 2.75) is 18.9 Å². The summed E-state index contributed by atoms with van der Waals surface area (Å²) in [5, 5.41) is 2.89. The third-order valence-electron chi connectivity index (χ3n) is 5.05. The Bertz CT molecular complexity index is 1020. The van der Waals surface area contributed by atoms with Gasteiger partial charge in [0.2, 0.25) is 5.91 Å². The van der Waals surface area contributed by atoms with Crippen molar-refractivity contribution in [3.8, 4) is 11.1 Å². The van der Waals surface area contributed by atoms with E-state index in [0.29, 0.717) is 24.2 Å². The van der Waals surface area contributed by atoms with Crippen molar-refractivity contribution >= 4 is 17.5 Å². The number of pyridine rings is 1. The van der Waals surface area contributed by atoms with Crippen LogP contribution in [0.15, 0.2) is 73.1 Å². The molecule has 29 heavy (non-hydrogen) atoms. The van der Waals surface area contributed by atoms with Crippen LogP contribution >= 0.6 is 0 Å². The molecular weight excluding hydrogens is 369 g/mol. The monoisotopic (exact) mass is 389 g/mol. The van der Waals surface area contributed by atoms with Crippen LogP contribution in [-0.4, -0.2) is 34.3 Å². The smallest absolute Gasteiger partial charge is 0.254 e. The Kier molecular flexibility index (Phi) is 5.33. The summed E-state index contributed by atoms with van der Waals surface area (Å²) in [4.78, 5) is 31.1. The third-order valence-corrected chi connectivity index (χ3v) is 5.05. The van der Waals surface area contributed by atoms with Gasteiger partial charge in [-0.15, -0.1) is 0 Å². The molecule has 2 heterocycles. The highest BCUT2D eigenvalue weighted by Crippen LogP contribution is 2.24. The van der Waals surface area contributed by atoms with Gasteiger partial charge in [-0.05, 0) is 60.4 Å². The number of nitrogens with zero attached hydrogens (tertiary/aromatic N) is 2. The number of likely N-dealkylation sites (tertiary alicyclic amines) is 1. The molecule has 0 unspecified atom stereocenters. The van der Waals surface area contributed by atoms with Crippen LogP contribution in [0.5, 0.6) is 0 Å². The Morgan fingerprint density at radius 1 is 1.00 bits per heavy atom. The van der Waals surface area contributed by atoms with Crippen LogP contribution in [0, 0.1) is 5.82 Å². The SMILES string of the molecule is O=C(Nc1ccc(-c2cccc(F)c2)cc1)[C@@H]1CCCN1C(=O)c1ccncc1. The lowest BCUT2D eigenvalue weighted by atomic mass is 10.1. The van der Waals surface area contributed by atoms with Gasteiger partial charge in [-0.25, -0.2) is 4.39 Å². The number of carbonyl (C=O) groups excluding carboxylic acids is 2. The van der Waals surface area contributed by atoms with Crippen LogP contribution in [0.3, 0.4) is 0 Å². The van der Waals surface area contributed by atoms with Crippen molar-refractivity contribution in [1.82, 2.24) is 9.88 Å². The normalized spacial score (nSPS) is 15.9. The summed E-state index contributed by atoms with van der Waals surface area (Å²) in [6.45, 7) is 0.553. The predicted octanol–water partition coefficient (Wildman–Crippen LogP) is 4.13. The zero-order chi connectivity index (χ0) is 20.2. The van der Waals surface area contributed by atoms with Gasteiger partial charge in [0.15, 0.2) is 0 Å². The molecule has 3 aromatic rings. The molecule has 0 saturated carbocycles. The fourth-order valence-corrected chi connectivity index (χ4v) is 3.58. The second-order valence-electron chi connectivity index (χ2n) is 6.97. The van der Waals surface area contributed by atoms with Crippen molar-refractivity contribution in [1.29, 1.82) is 0 Å². The van der Waals surface area contributed by atoms with Gasteiger partial charge in [0.25, 0.3) is 5.91 Å². The van der Waals surface area contributed by atoms with Gasteiger partial charge in [0.1, 0.15) is 11.9 Å². The fraction of sp³-hybridized carbons (Fsp3) is 0.174. The van der Waals surface area contributed by atoms with Crippen LogP contribution in [0.25, 0.3) is 11.1 Å². The molecule has 1 aliphatic heterocycles. The lowest BCUT2D eigenvalue weighted by Gasteiger charge is -2.24. The van der Waals surface area contributed by atoms with Crippen molar-refractivity contribution in [2.24, 2.45) is 0 Å². The van der Waals surface area contributed by atoms with E-state index in [2.05, 4.69) is 10.3 Å². The maximum Gasteiger partial charge on any atom is 0.254 e. The van der Waals surface area contributed by atoms with Crippen molar-refractivity contribution in [3.05, 3.63) is 84.4 Å². The molecule has 6 heteroatoms. The molecular formula is C23H20FN3O2. The van der Waals surface area contributed by atoms with Gasteiger partial charge >= 0.3 is 0 Å². The molecule has 5 nitrogen and oxygen atoms in total. The van der Waals surface area contributed by atoms with E-state index in [1.807, 2.05) is 18.2 Å². The minimum Gasteiger partial charge on any atom is -0.327 e. The number of aromatic nitrogens is 1. The molecule has 146 valence electrons. The Morgan fingerprint density at radius 2 is 1.76 bits per heavy atom. The van der Waals surface area contributed by atoms with Crippen molar-refractivity contribution in [3.63, 3.8) is 0 Å². The van der Waals surface area contributed by atoms with Gasteiger partial charge in [-0.1, -0.05) is 24.3 Å². The molecule has 1 N–H and O–H groups in total. The highest BCUT2D eigenvalue weighted by atomic mass is 19.1. The molecule has 0 aliphatic carbocycles. The maximum absolute atomic E-state index is 13.4. The number of benzene rings is 2. The van der Waals surface area contributed by atoms with Crippen LogP contribution in [0.1, 0.15) is 23.2 Å². The average Bonchev–Trinajstić information content (AvgIpc) is 3.24. The molecule has 0 spiro atoms. The average molecular weight is 389 g/mol. The number of rotatable bonds is 4. The first kappa shape index (κ1) is 18.8. The summed E-state index contributed by atoms with van der Waals surface area (Å²) in [5.41, 5.74) is 2.79. The van der Waals surface area contributed by atoms with Crippen LogP contribution in [0.4, 0.5) is 10.1 Å². The number of nitrogens with one attached hydrogen (secondary N) is 1. The van der Waals surface area contributed by atoms with Gasteiger partial charge in [0.05, 0.1) is 0 Å². The number of hydrogen-bond donors (Lipinski definition) is 1. The van der Waals surface area contributed by atoms with Crippen LogP contribution < -0.4 is 5.32 Å². The summed E-state index contributed by atoms with van der Waals surface area (Å²) in [7, 11) is 0. The van der Waals surface area contributed by atoms with Crippen molar-refractivity contribution in [2.75, 3.05) is 11.9 Å². The number of carbonyl (C=O) groups is 2. The van der Waals surface area contributed by atoms with E-state index < -0.39 is 6.04 Å². The van der Waals surface area contributed by atoms with Crippen molar-refractivity contribution < 1.29 is 14.0 Å². The summed E-state index contributed by atoms with van der Waals surface area (Å²) >= 11 is 0. The van der Waals surface area contributed by atoms with Gasteiger partial charge < -0.3 is 10.2 Å². The Balaban J connectivity index is 1.45. The molecule has 1 saturated heterocycles. The summed E-state index contributed by atoms with van der Waals surface area (Å²) in [5.74, 6) is -0.657. The highest BCUT2D eigenvalue weighted by molar-refractivity contribution is 6.01. The van der Waals surface area contributed by atoms with E-state index in [1.54, 1.807) is 47.6 Å². The van der Waals surface area contributed by atoms with E-state index in [4.69, 9.17) is 0 Å². The first-order chi connectivity index (χ1) is 14.1. The molecule has 1 fully saturated rings. The quantitative estimate of drug-likeness (QED) is 0.730. The molecule has 0 radical (unpaired) electrons. The third kappa shape index (κ3) is 4.16. The van der Waals surface area contributed by atoms with E-state index >= 15 is 0 Å². The molecule has 2 aromatic carbocycles. The lowest BCUT2D eigenvalue weighted by molar-refractivity contribution is -0.119. The largest absolute Gasteiger partial charge is 0.327 e. The first-order valence-corrected chi connectivity index (χ1v) is 9.50. The van der Waals surface area contributed by atoms with E-state index in [-0.39, 0.29) is 17.6 Å². The van der Waals surface area contributed by atoms with Gasteiger partial charge in [-0.2, -0.15) is 0 Å². The molecule has 0 bridgehead atoms. The van der Waals surface area contributed by atoms with E-state index in [9.17, 15) is 14.0 Å². The lowest BCUT2D eigenvalue weighted by Crippen LogP contribution is -2.43. The second kappa shape index (κ2) is 8.22. The van der Waals surface area contributed by atoms with Crippen LogP contribution in [-0.2, 0) is 4.79 Å². The minimum absolute atomic E-state index is 0.161.